The first kappa shape index (κ1) is 27.7. The van der Waals surface area contributed by atoms with Gasteiger partial charge in [-0.25, -0.2) is 17.6 Å². The Kier molecular flexibility index (Phi) is 6.24. The molecule has 2 saturated carbocycles. The number of aryl methyl sites for hydroxylation is 1. The number of thiocarbonyl (C=S) groups is 1. The quantitative estimate of drug-likeness (QED) is 0.321. The average Bonchev–Trinajstić information content (AvgIpc) is 3.66. The van der Waals surface area contributed by atoms with E-state index in [1.54, 1.807) is 11.9 Å². The Labute approximate surface area is 245 Å². The van der Waals surface area contributed by atoms with E-state index in [9.17, 15) is 22.7 Å². The molecule has 1 N–H and O–H groups in total. The summed E-state index contributed by atoms with van der Waals surface area (Å²) in [4.78, 5) is 3.69. The second-order valence-electron chi connectivity index (χ2n) is 11.7. The fourth-order valence-electron chi connectivity index (χ4n) is 7.43. The van der Waals surface area contributed by atoms with Gasteiger partial charge in [-0.05, 0) is 78.6 Å². The second-order valence-corrected chi connectivity index (χ2v) is 12.4. The van der Waals surface area contributed by atoms with E-state index in [0.29, 0.717) is 23.1 Å². The van der Waals surface area contributed by atoms with E-state index in [2.05, 4.69) is 4.57 Å². The number of benzene rings is 2. The summed E-state index contributed by atoms with van der Waals surface area (Å²) < 4.78 is 58.5. The molecule has 2 unspecified atom stereocenters. The van der Waals surface area contributed by atoms with Gasteiger partial charge in [-0.3, -0.25) is 0 Å². The van der Waals surface area contributed by atoms with Crippen LogP contribution in [0.5, 0.6) is 0 Å². The Morgan fingerprint density at radius 2 is 1.38 bits per heavy atom. The van der Waals surface area contributed by atoms with Crippen LogP contribution in [0.1, 0.15) is 35.6 Å². The molecule has 5 nitrogen and oxygen atoms in total. The molecule has 0 amide bonds. The molecule has 3 aromatic rings. The second kappa shape index (κ2) is 9.01. The molecule has 8 rings (SSSR count). The standard InChI is InChI=1S/C14H14F2N2OS.C14H12F2N2S.ClH/c1-17-12(19)11-10-5-14(10,6-18(11)13(17)20)7-2-8(15)4-9(16)3-7;1-17-6-12-11-5-14(11,7-18(12)13(17)19)8-2-9(15)4-10(16)3-8;/h2-4,10-12,19H,5-6H2,1H3;2-4,6,11H,5,7H2,1H3;1H/t10-,11?,12?,14+;11-,14+;/m00./s1. The maximum absolute atomic E-state index is 13.4. The predicted octanol–water partition coefficient (Wildman–Crippen LogP) is 5.15. The van der Waals surface area contributed by atoms with Gasteiger partial charge in [0, 0.05) is 68.0 Å². The van der Waals surface area contributed by atoms with Gasteiger partial charge in [-0.1, -0.05) is 0 Å². The Balaban J connectivity index is 0.000000141. The van der Waals surface area contributed by atoms with Crippen LogP contribution in [0.4, 0.5) is 17.6 Å². The first-order chi connectivity index (χ1) is 18.4. The molecule has 0 radical (unpaired) electrons. The minimum Gasteiger partial charge on any atom is -0.371 e. The highest BCUT2D eigenvalue weighted by Gasteiger charge is 2.70. The van der Waals surface area contributed by atoms with Crippen molar-refractivity contribution < 1.29 is 22.7 Å². The van der Waals surface area contributed by atoms with Crippen molar-refractivity contribution in [2.24, 2.45) is 13.0 Å². The van der Waals surface area contributed by atoms with Crippen molar-refractivity contribution in [1.29, 1.82) is 0 Å². The van der Waals surface area contributed by atoms with Gasteiger partial charge in [-0.2, -0.15) is 0 Å². The summed E-state index contributed by atoms with van der Waals surface area (Å²) in [6, 6.07) is 7.48. The third-order valence-corrected chi connectivity index (χ3v) is 10.6. The van der Waals surface area contributed by atoms with E-state index >= 15 is 0 Å². The number of aliphatic hydroxyl groups excluding tert-OH is 1. The van der Waals surface area contributed by atoms with Crippen LogP contribution >= 0.6 is 36.8 Å². The van der Waals surface area contributed by atoms with E-state index in [-0.39, 0.29) is 35.2 Å². The SMILES string of the molecule is CN1C(=S)N2C[C@@]3(c4cc(F)cc(F)c4)C[C@H]3C2C1O.Cl.Cn1cc2n(c1=S)C[C@@]1(c3cc(F)cc(F)c3)C[C@@H]21. The lowest BCUT2D eigenvalue weighted by Gasteiger charge is -2.22. The fraction of sp³-hybridized carbons (Fsp3) is 0.429. The first-order valence-electron chi connectivity index (χ1n) is 12.9. The van der Waals surface area contributed by atoms with Crippen molar-refractivity contribution in [3.05, 3.63) is 87.5 Å². The van der Waals surface area contributed by atoms with Crippen LogP contribution < -0.4 is 0 Å². The smallest absolute Gasteiger partial charge is 0.179 e. The van der Waals surface area contributed by atoms with Gasteiger partial charge in [0.2, 0.25) is 0 Å². The van der Waals surface area contributed by atoms with Crippen molar-refractivity contribution in [3.63, 3.8) is 0 Å². The monoisotopic (exact) mass is 610 g/mol. The molecule has 4 heterocycles. The third kappa shape index (κ3) is 3.80. The summed E-state index contributed by atoms with van der Waals surface area (Å²) in [7, 11) is 3.71. The summed E-state index contributed by atoms with van der Waals surface area (Å²) in [5.74, 6) is -1.55. The Morgan fingerprint density at radius 3 is 1.90 bits per heavy atom. The predicted molar refractivity (Wildman–Crippen MR) is 150 cm³/mol. The summed E-state index contributed by atoms with van der Waals surface area (Å²) in [6.45, 7) is 1.36. The number of fused-ring (bicyclic) bond motifs is 6. The molecule has 212 valence electrons. The van der Waals surface area contributed by atoms with Crippen molar-refractivity contribution >= 4 is 42.0 Å². The molecule has 5 aliphatic rings. The molecule has 40 heavy (non-hydrogen) atoms. The molecule has 3 aliphatic heterocycles. The van der Waals surface area contributed by atoms with Crippen molar-refractivity contribution in [2.45, 2.75) is 48.4 Å². The highest BCUT2D eigenvalue weighted by molar-refractivity contribution is 7.80. The molecule has 12 heteroatoms. The molecule has 4 fully saturated rings. The molecule has 2 aliphatic carbocycles. The lowest BCUT2D eigenvalue weighted by molar-refractivity contribution is 0.0474. The highest BCUT2D eigenvalue weighted by atomic mass is 35.5. The van der Waals surface area contributed by atoms with Crippen LogP contribution in [0.25, 0.3) is 0 Å². The van der Waals surface area contributed by atoms with Gasteiger partial charge in [0.1, 0.15) is 29.5 Å². The highest BCUT2D eigenvalue weighted by Crippen LogP contribution is 2.66. The minimum atomic E-state index is -0.629. The summed E-state index contributed by atoms with van der Waals surface area (Å²) in [6.07, 6.45) is 3.21. The molecular weight excluding hydrogens is 584 g/mol. The molecule has 0 bridgehead atoms. The Hall–Kier alpha value is -2.47. The van der Waals surface area contributed by atoms with Gasteiger partial charge in [0.05, 0.1) is 6.04 Å². The number of piperidine rings is 1. The average molecular weight is 611 g/mol. The number of nitrogens with zero attached hydrogens (tertiary/aromatic N) is 4. The summed E-state index contributed by atoms with van der Waals surface area (Å²) in [5.41, 5.74) is 2.25. The largest absolute Gasteiger partial charge is 0.371 e. The van der Waals surface area contributed by atoms with Crippen molar-refractivity contribution in [3.8, 4) is 0 Å². The lowest BCUT2D eigenvalue weighted by Crippen LogP contribution is -2.35. The summed E-state index contributed by atoms with van der Waals surface area (Å²) in [5, 5.41) is 10.9. The van der Waals surface area contributed by atoms with Crippen LogP contribution in [0.15, 0.2) is 42.6 Å². The van der Waals surface area contributed by atoms with Gasteiger partial charge >= 0.3 is 0 Å². The van der Waals surface area contributed by atoms with Crippen LogP contribution in [0.3, 0.4) is 0 Å². The van der Waals surface area contributed by atoms with E-state index in [0.717, 1.165) is 41.9 Å². The van der Waals surface area contributed by atoms with Crippen LogP contribution in [-0.4, -0.2) is 55.0 Å². The van der Waals surface area contributed by atoms with Crippen LogP contribution in [-0.2, 0) is 24.4 Å². The minimum absolute atomic E-state index is 0. The lowest BCUT2D eigenvalue weighted by atomic mass is 9.93. The zero-order valence-corrected chi connectivity index (χ0v) is 24.1. The summed E-state index contributed by atoms with van der Waals surface area (Å²) >= 11 is 10.7. The first-order valence-corrected chi connectivity index (χ1v) is 13.7. The van der Waals surface area contributed by atoms with Gasteiger partial charge in [-0.15, -0.1) is 12.4 Å². The number of aromatic nitrogens is 2. The molecule has 1 aromatic heterocycles. The number of halogens is 5. The molecule has 0 spiro atoms. The number of aliphatic hydroxyl groups is 1. The van der Waals surface area contributed by atoms with E-state index in [1.807, 2.05) is 22.7 Å². The molecular formula is C28H27ClF4N4OS2. The normalized spacial score (nSPS) is 32.0. The topological polar surface area (TPSA) is 36.6 Å². The zero-order chi connectivity index (χ0) is 27.6. The maximum Gasteiger partial charge on any atom is 0.179 e. The number of imidazole rings is 1. The van der Waals surface area contributed by atoms with Crippen LogP contribution in [0, 0.1) is 34.0 Å². The molecule has 2 aromatic carbocycles. The fourth-order valence-corrected chi connectivity index (χ4v) is 7.94. The van der Waals surface area contributed by atoms with Gasteiger partial charge in [0.15, 0.2) is 9.88 Å². The maximum atomic E-state index is 13.4. The number of hydrogen-bond donors (Lipinski definition) is 1. The van der Waals surface area contributed by atoms with E-state index < -0.39 is 29.5 Å². The number of rotatable bonds is 2. The van der Waals surface area contributed by atoms with E-state index in [1.165, 1.54) is 30.0 Å². The molecule has 6 atom stereocenters. The third-order valence-electron chi connectivity index (χ3n) is 9.53. The Bertz CT molecular complexity index is 1590. The zero-order valence-electron chi connectivity index (χ0n) is 21.7. The van der Waals surface area contributed by atoms with Crippen molar-refractivity contribution in [2.75, 3.05) is 13.6 Å². The van der Waals surface area contributed by atoms with Gasteiger partial charge in [0.25, 0.3) is 0 Å². The number of likely N-dealkylation sites (N-methyl/N-ethyl adjacent to an activating group) is 1. The van der Waals surface area contributed by atoms with Crippen molar-refractivity contribution in [1.82, 2.24) is 18.9 Å². The van der Waals surface area contributed by atoms with Gasteiger partial charge < -0.3 is 24.0 Å². The van der Waals surface area contributed by atoms with E-state index in [4.69, 9.17) is 24.4 Å². The number of hydrogen-bond acceptors (Lipinski definition) is 3. The molecule has 2 saturated heterocycles. The van der Waals surface area contributed by atoms with Crippen LogP contribution in [0.2, 0.25) is 0 Å². The Morgan fingerprint density at radius 1 is 0.825 bits per heavy atom.